The Kier molecular flexibility index (Phi) is 6.53. The van der Waals surface area contributed by atoms with Gasteiger partial charge in [0.2, 0.25) is 5.96 Å². The lowest BCUT2D eigenvalue weighted by molar-refractivity contribution is 0.265. The summed E-state index contributed by atoms with van der Waals surface area (Å²) < 4.78 is 0. The fourth-order valence-electron chi connectivity index (χ4n) is 2.16. The van der Waals surface area contributed by atoms with Crippen LogP contribution in [-0.2, 0) is 0 Å². The van der Waals surface area contributed by atoms with Gasteiger partial charge in [0.15, 0.2) is 0 Å². The fraction of sp³-hybridized carbons (Fsp3) is 0.923. The summed E-state index contributed by atoms with van der Waals surface area (Å²) in [7, 11) is 0. The summed E-state index contributed by atoms with van der Waals surface area (Å²) in [5.41, 5.74) is 2.90. The zero-order valence-corrected chi connectivity index (χ0v) is 12.4. The summed E-state index contributed by atoms with van der Waals surface area (Å²) in [6, 6.07) is 0. The van der Waals surface area contributed by atoms with E-state index in [0.29, 0.717) is 5.96 Å². The monoisotopic (exact) mass is 242 g/mol. The molecule has 0 saturated heterocycles. The zero-order chi connectivity index (χ0) is 13.5. The maximum absolute atomic E-state index is 5.48. The van der Waals surface area contributed by atoms with E-state index in [1.54, 1.807) is 0 Å². The van der Waals surface area contributed by atoms with E-state index >= 15 is 0 Å². The van der Waals surface area contributed by atoms with E-state index in [2.05, 4.69) is 57.3 Å². The van der Waals surface area contributed by atoms with Crippen LogP contribution in [-0.4, -0.2) is 18.0 Å². The molecule has 0 bridgehead atoms. The summed E-state index contributed by atoms with van der Waals surface area (Å²) in [5, 5.41) is 3.37. The third-order valence-electron chi connectivity index (χ3n) is 2.35. The van der Waals surface area contributed by atoms with E-state index in [4.69, 9.17) is 5.84 Å². The van der Waals surface area contributed by atoms with Gasteiger partial charge in [-0.05, 0) is 32.1 Å². The maximum Gasteiger partial charge on any atom is 0.206 e. The Morgan fingerprint density at radius 3 is 2.18 bits per heavy atom. The molecule has 0 rings (SSSR count). The van der Waals surface area contributed by atoms with Crippen molar-refractivity contribution in [1.82, 2.24) is 10.7 Å². The number of nitrogens with one attached hydrogen (secondary N) is 2. The maximum atomic E-state index is 5.48. The molecule has 0 aromatic rings. The second-order valence-corrected chi connectivity index (χ2v) is 6.47. The summed E-state index contributed by atoms with van der Waals surface area (Å²) in [6.07, 6.45) is 3.29. The summed E-state index contributed by atoms with van der Waals surface area (Å²) in [5.74, 6) is 6.17. The molecule has 4 nitrogen and oxygen atoms in total. The standard InChI is InChI=1S/C13H30N4/c1-7-8-9-15-11(17-14)16-13(5,6)10-12(2,3)4/h7-10,14H2,1-6H3,(H2,15,16,17). The van der Waals surface area contributed by atoms with E-state index in [-0.39, 0.29) is 11.0 Å². The highest BCUT2D eigenvalue weighted by Crippen LogP contribution is 2.26. The van der Waals surface area contributed by atoms with Crippen molar-refractivity contribution in [2.75, 3.05) is 6.54 Å². The minimum absolute atomic E-state index is 0.0182. The van der Waals surface area contributed by atoms with E-state index < -0.39 is 0 Å². The van der Waals surface area contributed by atoms with Gasteiger partial charge >= 0.3 is 0 Å². The first-order valence-corrected chi connectivity index (χ1v) is 6.49. The van der Waals surface area contributed by atoms with E-state index in [1.165, 1.54) is 0 Å². The predicted molar refractivity (Wildman–Crippen MR) is 75.8 cm³/mol. The van der Waals surface area contributed by atoms with Crippen molar-refractivity contribution < 1.29 is 0 Å². The van der Waals surface area contributed by atoms with Gasteiger partial charge in [-0.3, -0.25) is 10.4 Å². The highest BCUT2D eigenvalue weighted by molar-refractivity contribution is 5.79. The van der Waals surface area contributed by atoms with E-state index in [1.807, 2.05) is 0 Å². The highest BCUT2D eigenvalue weighted by Gasteiger charge is 2.26. The second-order valence-electron chi connectivity index (χ2n) is 6.47. The van der Waals surface area contributed by atoms with Crippen LogP contribution in [0.1, 0.15) is 60.8 Å². The Labute approximate surface area is 106 Å². The highest BCUT2D eigenvalue weighted by atomic mass is 15.3. The van der Waals surface area contributed by atoms with Gasteiger partial charge in [0, 0.05) is 12.1 Å². The smallest absolute Gasteiger partial charge is 0.206 e. The number of rotatable bonds is 5. The Hall–Kier alpha value is -0.770. The van der Waals surface area contributed by atoms with E-state index in [9.17, 15) is 0 Å². The van der Waals surface area contributed by atoms with Crippen LogP contribution in [0.5, 0.6) is 0 Å². The molecule has 0 radical (unpaired) electrons. The molecule has 0 atom stereocenters. The van der Waals surface area contributed by atoms with Crippen molar-refractivity contribution in [1.29, 1.82) is 0 Å². The SMILES string of the molecule is CCCCN=C(NN)NC(C)(C)CC(C)(C)C. The molecule has 0 aromatic heterocycles. The topological polar surface area (TPSA) is 62.4 Å². The first-order chi connectivity index (χ1) is 7.70. The van der Waals surface area contributed by atoms with Crippen LogP contribution in [0.2, 0.25) is 0 Å². The molecule has 0 unspecified atom stereocenters. The van der Waals surface area contributed by atoms with Gasteiger partial charge in [0.05, 0.1) is 0 Å². The molecule has 0 spiro atoms. The van der Waals surface area contributed by atoms with Gasteiger partial charge in [0.1, 0.15) is 0 Å². The Morgan fingerprint density at radius 1 is 1.18 bits per heavy atom. The average molecular weight is 242 g/mol. The third-order valence-corrected chi connectivity index (χ3v) is 2.35. The zero-order valence-electron chi connectivity index (χ0n) is 12.4. The molecule has 0 aromatic carbocycles. The number of hydrogen-bond acceptors (Lipinski definition) is 2. The number of unbranched alkanes of at least 4 members (excludes halogenated alkanes) is 1. The van der Waals surface area contributed by atoms with Crippen LogP contribution in [0.25, 0.3) is 0 Å². The molecule has 4 N–H and O–H groups in total. The Morgan fingerprint density at radius 2 is 1.76 bits per heavy atom. The molecule has 0 fully saturated rings. The Bertz CT molecular complexity index is 238. The normalized spacial score (nSPS) is 13.7. The Balaban J connectivity index is 4.39. The third kappa shape index (κ3) is 8.98. The van der Waals surface area contributed by atoms with Gasteiger partial charge in [0.25, 0.3) is 0 Å². The van der Waals surface area contributed by atoms with Crippen molar-refractivity contribution in [3.05, 3.63) is 0 Å². The molecule has 0 aliphatic heterocycles. The molecule has 0 aliphatic carbocycles. The number of aliphatic imine (C=N–C) groups is 1. The lowest BCUT2D eigenvalue weighted by atomic mass is 9.82. The molecule has 0 heterocycles. The van der Waals surface area contributed by atoms with Gasteiger partial charge in [-0.15, -0.1) is 0 Å². The van der Waals surface area contributed by atoms with Crippen LogP contribution in [0.15, 0.2) is 4.99 Å². The summed E-state index contributed by atoms with van der Waals surface area (Å²) in [4.78, 5) is 4.42. The minimum atomic E-state index is -0.0182. The fourth-order valence-corrected chi connectivity index (χ4v) is 2.16. The molecule has 17 heavy (non-hydrogen) atoms. The number of guanidine groups is 1. The van der Waals surface area contributed by atoms with E-state index in [0.717, 1.165) is 25.8 Å². The van der Waals surface area contributed by atoms with Gasteiger partial charge in [-0.25, -0.2) is 5.84 Å². The number of hydrogen-bond donors (Lipinski definition) is 3. The molecule has 102 valence electrons. The minimum Gasteiger partial charge on any atom is -0.350 e. The second kappa shape index (κ2) is 6.84. The lowest BCUT2D eigenvalue weighted by Crippen LogP contribution is -2.52. The first kappa shape index (κ1) is 16.2. The van der Waals surface area contributed by atoms with Crippen molar-refractivity contribution in [3.63, 3.8) is 0 Å². The summed E-state index contributed by atoms with van der Waals surface area (Å²) >= 11 is 0. The van der Waals surface area contributed by atoms with Crippen LogP contribution in [0.4, 0.5) is 0 Å². The first-order valence-electron chi connectivity index (χ1n) is 6.49. The number of nitrogens with zero attached hydrogens (tertiary/aromatic N) is 1. The molecular formula is C13H30N4. The van der Waals surface area contributed by atoms with Crippen molar-refractivity contribution in [2.45, 2.75) is 66.3 Å². The van der Waals surface area contributed by atoms with Crippen LogP contribution in [0, 0.1) is 5.41 Å². The van der Waals surface area contributed by atoms with Crippen molar-refractivity contribution in [2.24, 2.45) is 16.3 Å². The predicted octanol–water partition coefficient (Wildman–Crippen LogP) is 2.41. The number of hydrazine groups is 1. The number of nitrogens with two attached hydrogens (primary N) is 1. The van der Waals surface area contributed by atoms with Crippen molar-refractivity contribution in [3.8, 4) is 0 Å². The van der Waals surface area contributed by atoms with Crippen molar-refractivity contribution >= 4 is 5.96 Å². The summed E-state index contributed by atoms with van der Waals surface area (Å²) in [6.45, 7) is 14.0. The molecule has 0 aliphatic rings. The van der Waals surface area contributed by atoms with Gasteiger partial charge < -0.3 is 5.32 Å². The molecular weight excluding hydrogens is 212 g/mol. The molecule has 4 heteroatoms. The molecule has 0 saturated carbocycles. The largest absolute Gasteiger partial charge is 0.350 e. The van der Waals surface area contributed by atoms with Crippen LogP contribution >= 0.6 is 0 Å². The van der Waals surface area contributed by atoms with Gasteiger partial charge in [-0.2, -0.15) is 0 Å². The van der Waals surface area contributed by atoms with Gasteiger partial charge in [-0.1, -0.05) is 34.1 Å². The van der Waals surface area contributed by atoms with Crippen LogP contribution < -0.4 is 16.6 Å². The quantitative estimate of drug-likeness (QED) is 0.228. The van der Waals surface area contributed by atoms with Crippen LogP contribution in [0.3, 0.4) is 0 Å². The lowest BCUT2D eigenvalue weighted by Gasteiger charge is -2.34. The molecule has 0 amide bonds. The average Bonchev–Trinajstić information content (AvgIpc) is 2.12.